The van der Waals surface area contributed by atoms with Crippen LogP contribution in [-0.4, -0.2) is 0 Å². The molecule has 164 valence electrons. The molecule has 0 nitrogen and oxygen atoms in total. The second-order valence-electron chi connectivity index (χ2n) is 8.11. The zero-order valence-corrected chi connectivity index (χ0v) is 17.9. The summed E-state index contributed by atoms with van der Waals surface area (Å²) in [6.07, 6.45) is 2.42. The van der Waals surface area contributed by atoms with Crippen molar-refractivity contribution in [1.82, 2.24) is 0 Å². The molecule has 0 aliphatic carbocycles. The zero-order valence-electron chi connectivity index (χ0n) is 17.9. The average molecular weight is 436 g/mol. The van der Waals surface area contributed by atoms with E-state index in [-0.39, 0.29) is 23.6 Å². The van der Waals surface area contributed by atoms with Crippen LogP contribution in [0.1, 0.15) is 34.7 Å². The van der Waals surface area contributed by atoms with Crippen LogP contribution in [0, 0.1) is 23.3 Å². The van der Waals surface area contributed by atoms with Crippen LogP contribution in [0.25, 0.3) is 10.8 Å². The Kier molecular flexibility index (Phi) is 6.59. The van der Waals surface area contributed by atoms with Gasteiger partial charge in [0.1, 0.15) is 23.3 Å². The van der Waals surface area contributed by atoms with Crippen LogP contribution in [0.4, 0.5) is 17.6 Å². The van der Waals surface area contributed by atoms with Crippen molar-refractivity contribution in [2.24, 2.45) is 0 Å². The first-order valence-corrected chi connectivity index (χ1v) is 10.9. The largest absolute Gasteiger partial charge is 0.207 e. The van der Waals surface area contributed by atoms with E-state index in [2.05, 4.69) is 0 Å². The topological polar surface area (TPSA) is 0 Å². The lowest BCUT2D eigenvalue weighted by Crippen LogP contribution is -2.01. The van der Waals surface area contributed by atoms with E-state index in [1.807, 2.05) is 25.1 Å². The molecule has 0 fully saturated rings. The van der Waals surface area contributed by atoms with Gasteiger partial charge in [0, 0.05) is 10.9 Å². The Morgan fingerprint density at radius 3 is 1.94 bits per heavy atom. The lowest BCUT2D eigenvalue weighted by atomic mass is 9.97. The van der Waals surface area contributed by atoms with Gasteiger partial charge < -0.3 is 0 Å². The Labute approximate surface area is 185 Å². The molecule has 0 aliphatic rings. The molecule has 0 atom stereocenters. The maximum absolute atomic E-state index is 15.0. The normalized spacial score (nSPS) is 11.3. The number of fused-ring (bicyclic) bond motifs is 1. The van der Waals surface area contributed by atoms with E-state index in [0.29, 0.717) is 42.2 Å². The summed E-state index contributed by atoms with van der Waals surface area (Å²) in [6.45, 7) is 1.86. The monoisotopic (exact) mass is 436 g/mol. The molecule has 4 rings (SSSR count). The minimum Gasteiger partial charge on any atom is -0.207 e. The van der Waals surface area contributed by atoms with E-state index in [0.717, 1.165) is 16.5 Å². The van der Waals surface area contributed by atoms with Gasteiger partial charge >= 0.3 is 0 Å². The van der Waals surface area contributed by atoms with E-state index in [9.17, 15) is 13.2 Å². The molecule has 0 aliphatic heterocycles. The molecule has 4 heteroatoms. The Balaban J connectivity index is 1.49. The van der Waals surface area contributed by atoms with E-state index >= 15 is 4.39 Å². The smallest absolute Gasteiger partial charge is 0.134 e. The summed E-state index contributed by atoms with van der Waals surface area (Å²) in [6, 6.07) is 18.1. The van der Waals surface area contributed by atoms with Gasteiger partial charge in [0.15, 0.2) is 0 Å². The number of halogens is 4. The fraction of sp³-hybridized carbons (Fsp3) is 0.214. The van der Waals surface area contributed by atoms with Crippen LogP contribution in [0.2, 0.25) is 0 Å². The Morgan fingerprint density at radius 1 is 0.594 bits per heavy atom. The molecule has 0 saturated heterocycles. The number of hydrogen-bond acceptors (Lipinski definition) is 0. The number of benzene rings is 4. The molecule has 0 saturated carbocycles. The predicted molar refractivity (Wildman–Crippen MR) is 121 cm³/mol. The van der Waals surface area contributed by atoms with E-state index in [4.69, 9.17) is 0 Å². The van der Waals surface area contributed by atoms with Crippen molar-refractivity contribution in [3.63, 3.8) is 0 Å². The highest BCUT2D eigenvalue weighted by Gasteiger charge is 2.12. The maximum atomic E-state index is 15.0. The minimum atomic E-state index is -0.514. The van der Waals surface area contributed by atoms with Gasteiger partial charge in [0.05, 0.1) is 0 Å². The van der Waals surface area contributed by atoms with Gasteiger partial charge in [-0.3, -0.25) is 0 Å². The van der Waals surface area contributed by atoms with Crippen molar-refractivity contribution in [3.8, 4) is 0 Å². The summed E-state index contributed by atoms with van der Waals surface area (Å²) in [5.41, 5.74) is 3.18. The lowest BCUT2D eigenvalue weighted by molar-refractivity contribution is 0.551. The Morgan fingerprint density at radius 2 is 1.25 bits per heavy atom. The van der Waals surface area contributed by atoms with Crippen LogP contribution in [-0.2, 0) is 32.1 Å². The molecular weight excluding hydrogens is 412 g/mol. The van der Waals surface area contributed by atoms with Crippen LogP contribution < -0.4 is 0 Å². The minimum absolute atomic E-state index is 0.0876. The molecule has 0 heterocycles. The van der Waals surface area contributed by atoms with Gasteiger partial charge in [0.2, 0.25) is 0 Å². The van der Waals surface area contributed by atoms with Gasteiger partial charge in [-0.05, 0) is 84.0 Å². The lowest BCUT2D eigenvalue weighted by Gasteiger charge is -2.10. The van der Waals surface area contributed by atoms with Crippen molar-refractivity contribution >= 4 is 10.8 Å². The molecule has 0 bridgehead atoms. The van der Waals surface area contributed by atoms with Crippen LogP contribution >= 0.6 is 0 Å². The number of rotatable bonds is 7. The highest BCUT2D eigenvalue weighted by Crippen LogP contribution is 2.25. The van der Waals surface area contributed by atoms with Gasteiger partial charge in [0.25, 0.3) is 0 Å². The Hall–Kier alpha value is -3.14. The van der Waals surface area contributed by atoms with E-state index in [1.165, 1.54) is 24.3 Å². The third kappa shape index (κ3) is 4.85. The van der Waals surface area contributed by atoms with Crippen molar-refractivity contribution in [2.75, 3.05) is 0 Å². The third-order valence-corrected chi connectivity index (χ3v) is 5.97. The quantitative estimate of drug-likeness (QED) is 0.263. The summed E-state index contributed by atoms with van der Waals surface area (Å²) in [5, 5.41) is 1.28. The summed E-state index contributed by atoms with van der Waals surface area (Å²) in [4.78, 5) is 0. The summed E-state index contributed by atoms with van der Waals surface area (Å²) in [7, 11) is 0. The number of aryl methyl sites for hydroxylation is 4. The van der Waals surface area contributed by atoms with E-state index < -0.39 is 11.6 Å². The first-order chi connectivity index (χ1) is 15.4. The summed E-state index contributed by atoms with van der Waals surface area (Å²) >= 11 is 0. The summed E-state index contributed by atoms with van der Waals surface area (Å²) in [5.74, 6) is -1.58. The maximum Gasteiger partial charge on any atom is 0.134 e. The highest BCUT2D eigenvalue weighted by molar-refractivity contribution is 5.84. The van der Waals surface area contributed by atoms with Crippen molar-refractivity contribution in [1.29, 1.82) is 0 Å². The van der Waals surface area contributed by atoms with Crippen molar-refractivity contribution in [2.45, 2.75) is 39.0 Å². The second kappa shape index (κ2) is 9.56. The van der Waals surface area contributed by atoms with Gasteiger partial charge in [-0.2, -0.15) is 0 Å². The second-order valence-corrected chi connectivity index (χ2v) is 8.11. The highest BCUT2D eigenvalue weighted by atomic mass is 19.1. The Bertz CT molecular complexity index is 1220. The van der Waals surface area contributed by atoms with Crippen LogP contribution in [0.3, 0.4) is 0 Å². The number of hydrogen-bond donors (Lipinski definition) is 0. The van der Waals surface area contributed by atoms with Gasteiger partial charge in [-0.1, -0.05) is 49.4 Å². The molecule has 0 amide bonds. The van der Waals surface area contributed by atoms with Gasteiger partial charge in [-0.25, -0.2) is 17.6 Å². The van der Waals surface area contributed by atoms with Gasteiger partial charge in [-0.15, -0.1) is 0 Å². The fourth-order valence-electron chi connectivity index (χ4n) is 4.03. The molecule has 0 radical (unpaired) electrons. The predicted octanol–water partition coefficient (Wildman–Crippen LogP) is 7.53. The molecular formula is C28H24F4. The first kappa shape index (κ1) is 22.1. The molecule has 0 spiro atoms. The average Bonchev–Trinajstić information content (AvgIpc) is 2.79. The van der Waals surface area contributed by atoms with Crippen LogP contribution in [0.15, 0.2) is 66.7 Å². The van der Waals surface area contributed by atoms with E-state index in [1.54, 1.807) is 24.3 Å². The van der Waals surface area contributed by atoms with Crippen LogP contribution in [0.5, 0.6) is 0 Å². The molecule has 4 aromatic carbocycles. The van der Waals surface area contributed by atoms with Crippen molar-refractivity contribution < 1.29 is 17.6 Å². The molecule has 0 aromatic heterocycles. The van der Waals surface area contributed by atoms with Crippen molar-refractivity contribution in [3.05, 3.63) is 118 Å². The molecule has 4 aromatic rings. The first-order valence-electron chi connectivity index (χ1n) is 10.9. The standard InChI is InChI=1S/C28H24F4/c1-2-18-16-26(30)25(27(31)17-18)14-7-20-6-13-24-22(15-20)10-9-21(28(24)32)8-3-19-4-11-23(29)12-5-19/h4-6,9-13,15-17H,2-3,7-8,14H2,1H3. The SMILES string of the molecule is CCc1cc(F)c(CCc2ccc3c(F)c(CCc4ccc(F)cc4)ccc3c2)c(F)c1. The third-order valence-electron chi connectivity index (χ3n) is 5.97. The molecule has 0 N–H and O–H groups in total. The zero-order chi connectivity index (χ0) is 22.7. The summed E-state index contributed by atoms with van der Waals surface area (Å²) < 4.78 is 56.6. The molecule has 32 heavy (non-hydrogen) atoms. The fourth-order valence-corrected chi connectivity index (χ4v) is 4.03. The molecule has 0 unspecified atom stereocenters.